The third kappa shape index (κ3) is 10.8. The molecule has 7 heteroatoms. The molecule has 0 unspecified atom stereocenters. The van der Waals surface area contributed by atoms with Crippen LogP contribution in [0.4, 0.5) is 11.5 Å². The Kier molecular flexibility index (Phi) is 13.5. The van der Waals surface area contributed by atoms with Crippen molar-refractivity contribution in [2.75, 3.05) is 37.3 Å². The molecule has 1 fully saturated rings. The van der Waals surface area contributed by atoms with Crippen LogP contribution in [-0.2, 0) is 6.54 Å². The van der Waals surface area contributed by atoms with Crippen molar-refractivity contribution >= 4 is 17.8 Å². The maximum atomic E-state index is 10.5. The van der Waals surface area contributed by atoms with Crippen molar-refractivity contribution in [3.8, 4) is 11.1 Å². The second-order valence-electron chi connectivity index (χ2n) is 8.86. The first kappa shape index (κ1) is 29.5. The molecule has 0 atom stereocenters. The van der Waals surface area contributed by atoms with Gasteiger partial charge in [0.1, 0.15) is 17.9 Å². The first-order valence-electron chi connectivity index (χ1n) is 13.0. The van der Waals surface area contributed by atoms with E-state index in [1.807, 2.05) is 50.4 Å². The minimum Gasteiger partial charge on any atom is -0.399 e. The highest BCUT2D eigenvalue weighted by Gasteiger charge is 2.14. The molecule has 0 amide bonds. The number of aldehydes is 1. The van der Waals surface area contributed by atoms with E-state index in [1.165, 1.54) is 25.7 Å². The summed E-state index contributed by atoms with van der Waals surface area (Å²) in [5.74, 6) is 1.95. The van der Waals surface area contributed by atoms with Crippen LogP contribution in [0.2, 0.25) is 0 Å². The molecule has 1 aliphatic rings. The van der Waals surface area contributed by atoms with Crippen LogP contribution in [0, 0.1) is 6.92 Å². The van der Waals surface area contributed by atoms with Gasteiger partial charge in [-0.1, -0.05) is 56.3 Å². The molecule has 0 bridgehead atoms. The monoisotopic (exact) mass is 502 g/mol. The number of aromatic nitrogens is 2. The third-order valence-electron chi connectivity index (χ3n) is 5.78. The number of carbonyl (C=O) groups excluding carboxylic acids is 1. The summed E-state index contributed by atoms with van der Waals surface area (Å²) in [4.78, 5) is 21.7. The highest BCUT2D eigenvalue weighted by molar-refractivity contribution is 5.77. The van der Waals surface area contributed by atoms with Crippen LogP contribution < -0.4 is 21.3 Å². The molecule has 4 rings (SSSR count). The zero-order valence-electron chi connectivity index (χ0n) is 22.5. The summed E-state index contributed by atoms with van der Waals surface area (Å²) in [5, 5.41) is 6.13. The normalized spacial score (nSPS) is 12.0. The Morgan fingerprint density at radius 1 is 1.03 bits per heavy atom. The first-order valence-corrected chi connectivity index (χ1v) is 13.0. The molecule has 0 aliphatic carbocycles. The molecule has 4 N–H and O–H groups in total. The molecule has 0 spiro atoms. The molecule has 7 nitrogen and oxygen atoms in total. The lowest BCUT2D eigenvalue weighted by Gasteiger charge is -2.17. The number of anilines is 2. The number of carbonyl (C=O) groups is 1. The van der Waals surface area contributed by atoms with Gasteiger partial charge in [0, 0.05) is 43.5 Å². The average Bonchev–Trinajstić information content (AvgIpc) is 3.46. The van der Waals surface area contributed by atoms with Crippen molar-refractivity contribution in [2.45, 2.75) is 46.1 Å². The molecule has 198 valence electrons. The molecule has 0 saturated carbocycles. The number of nitrogens with zero attached hydrogens (tertiary/aromatic N) is 3. The lowest BCUT2D eigenvalue weighted by atomic mass is 10.0. The number of hydrogen-bond acceptors (Lipinski definition) is 7. The number of hydrogen-bond donors (Lipinski definition) is 3. The standard InChI is InChI=1S/C13H11NO.C11H18N4.C6H13N/c14-13-7-5-12(6-8-13)11-3-1-10(9-15)2-4-11;1-9-13-10(8-12-2)7-11(14-9)15-5-3-4-6-15;1-3-5-6-7-4-2/h1-9H,14H2;7,12H,3-6,8H2,1-2H3;4,7H,2-3,5-6H2,1H3. The highest BCUT2D eigenvalue weighted by atomic mass is 16.1. The van der Waals surface area contributed by atoms with Crippen LogP contribution in [0.5, 0.6) is 0 Å². The van der Waals surface area contributed by atoms with Gasteiger partial charge in [-0.3, -0.25) is 4.79 Å². The first-order chi connectivity index (χ1) is 18.0. The fourth-order valence-corrected chi connectivity index (χ4v) is 3.80. The fraction of sp³-hybridized carbons (Fsp3) is 0.367. The Bertz CT molecular complexity index is 1060. The number of benzene rings is 2. The van der Waals surface area contributed by atoms with Crippen LogP contribution in [0.1, 0.15) is 54.5 Å². The van der Waals surface area contributed by atoms with Gasteiger partial charge in [0.15, 0.2) is 0 Å². The molecular formula is C30H42N6O. The number of aryl methyl sites for hydroxylation is 1. The zero-order valence-corrected chi connectivity index (χ0v) is 22.5. The lowest BCUT2D eigenvalue weighted by molar-refractivity contribution is 0.112. The van der Waals surface area contributed by atoms with E-state index in [0.717, 1.165) is 66.6 Å². The SMILES string of the molecule is C=CNCCCC.CNCc1cc(N2CCCC2)nc(C)n1.Nc1ccc(-c2ccc(C=O)cc2)cc1. The van der Waals surface area contributed by atoms with Gasteiger partial charge in [0.05, 0.1) is 5.69 Å². The topological polar surface area (TPSA) is 96.2 Å². The van der Waals surface area contributed by atoms with Gasteiger partial charge in [-0.2, -0.15) is 0 Å². The lowest BCUT2D eigenvalue weighted by Crippen LogP contribution is -2.20. The molecular weight excluding hydrogens is 460 g/mol. The minimum atomic E-state index is 0.689. The van der Waals surface area contributed by atoms with Crippen molar-refractivity contribution in [1.82, 2.24) is 20.6 Å². The molecule has 3 aromatic rings. The van der Waals surface area contributed by atoms with Crippen LogP contribution >= 0.6 is 0 Å². The summed E-state index contributed by atoms with van der Waals surface area (Å²) < 4.78 is 0. The quantitative estimate of drug-likeness (QED) is 0.206. The molecule has 2 aromatic carbocycles. The summed E-state index contributed by atoms with van der Waals surface area (Å²) in [6.07, 6.45) is 7.63. The largest absolute Gasteiger partial charge is 0.399 e. The number of rotatable bonds is 9. The van der Waals surface area contributed by atoms with E-state index in [4.69, 9.17) is 5.73 Å². The van der Waals surface area contributed by atoms with Gasteiger partial charge >= 0.3 is 0 Å². The predicted molar refractivity (Wildman–Crippen MR) is 156 cm³/mol. The van der Waals surface area contributed by atoms with Crippen LogP contribution in [0.25, 0.3) is 11.1 Å². The van der Waals surface area contributed by atoms with Gasteiger partial charge in [0.2, 0.25) is 0 Å². The molecule has 1 saturated heterocycles. The Balaban J connectivity index is 0.000000210. The van der Waals surface area contributed by atoms with Crippen LogP contribution in [-0.4, -0.2) is 42.9 Å². The summed E-state index contributed by atoms with van der Waals surface area (Å²) in [6, 6.07) is 17.2. The van der Waals surface area contributed by atoms with Gasteiger partial charge in [-0.25, -0.2) is 9.97 Å². The summed E-state index contributed by atoms with van der Waals surface area (Å²) in [7, 11) is 1.94. The molecule has 1 aliphatic heterocycles. The maximum absolute atomic E-state index is 10.5. The van der Waals surface area contributed by atoms with Crippen LogP contribution in [0.3, 0.4) is 0 Å². The smallest absolute Gasteiger partial charge is 0.150 e. The van der Waals surface area contributed by atoms with E-state index in [0.29, 0.717) is 5.56 Å². The molecule has 1 aromatic heterocycles. The fourth-order valence-electron chi connectivity index (χ4n) is 3.80. The minimum absolute atomic E-state index is 0.689. The Morgan fingerprint density at radius 2 is 1.65 bits per heavy atom. The number of nitrogen functional groups attached to an aromatic ring is 1. The van der Waals surface area contributed by atoms with Crippen molar-refractivity contribution < 1.29 is 4.79 Å². The van der Waals surface area contributed by atoms with Crippen molar-refractivity contribution in [3.05, 3.63) is 84.5 Å². The summed E-state index contributed by atoms with van der Waals surface area (Å²) in [6.45, 7) is 11.8. The van der Waals surface area contributed by atoms with E-state index in [2.05, 4.69) is 45.1 Å². The van der Waals surface area contributed by atoms with E-state index >= 15 is 0 Å². The van der Waals surface area contributed by atoms with E-state index < -0.39 is 0 Å². The van der Waals surface area contributed by atoms with E-state index in [9.17, 15) is 4.79 Å². The predicted octanol–water partition coefficient (Wildman–Crippen LogP) is 5.37. The maximum Gasteiger partial charge on any atom is 0.150 e. The highest BCUT2D eigenvalue weighted by Crippen LogP contribution is 2.20. The molecule has 37 heavy (non-hydrogen) atoms. The van der Waals surface area contributed by atoms with Crippen molar-refractivity contribution in [2.24, 2.45) is 0 Å². The number of unbranched alkanes of at least 4 members (excludes halogenated alkanes) is 1. The summed E-state index contributed by atoms with van der Waals surface area (Å²) >= 11 is 0. The summed E-state index contributed by atoms with van der Waals surface area (Å²) in [5.41, 5.74) is 10.3. The van der Waals surface area contributed by atoms with E-state index in [-0.39, 0.29) is 0 Å². The van der Waals surface area contributed by atoms with Crippen molar-refractivity contribution in [3.63, 3.8) is 0 Å². The van der Waals surface area contributed by atoms with E-state index in [1.54, 1.807) is 18.3 Å². The van der Waals surface area contributed by atoms with Crippen molar-refractivity contribution in [1.29, 1.82) is 0 Å². The second-order valence-corrected chi connectivity index (χ2v) is 8.86. The zero-order chi connectivity index (χ0) is 26.9. The third-order valence-corrected chi connectivity index (χ3v) is 5.78. The average molecular weight is 503 g/mol. The van der Waals surface area contributed by atoms with Crippen LogP contribution in [0.15, 0.2) is 67.4 Å². The van der Waals surface area contributed by atoms with Gasteiger partial charge in [0.25, 0.3) is 0 Å². The Labute approximate surface area is 222 Å². The molecule has 2 heterocycles. The number of nitrogens with two attached hydrogens (primary N) is 1. The van der Waals surface area contributed by atoms with Gasteiger partial charge in [-0.05, 0) is 62.7 Å². The van der Waals surface area contributed by atoms with Gasteiger partial charge < -0.3 is 21.3 Å². The molecule has 0 radical (unpaired) electrons. The Hall–Kier alpha value is -3.71. The Morgan fingerprint density at radius 3 is 2.19 bits per heavy atom. The van der Waals surface area contributed by atoms with Gasteiger partial charge in [-0.15, -0.1) is 0 Å². The second kappa shape index (κ2) is 16.9. The number of nitrogens with one attached hydrogen (secondary N) is 2.